The van der Waals surface area contributed by atoms with Gasteiger partial charge in [-0.15, -0.1) is 11.3 Å². The molecule has 0 saturated carbocycles. The summed E-state index contributed by atoms with van der Waals surface area (Å²) in [6, 6.07) is 20.7. The molecule has 5 heteroatoms. The molecule has 4 aromatic rings. The molecule has 26 heavy (non-hydrogen) atoms. The van der Waals surface area contributed by atoms with Gasteiger partial charge in [-0.2, -0.15) is 0 Å². The number of hydrogen-bond donors (Lipinski definition) is 1. The first-order valence-electron chi connectivity index (χ1n) is 8.10. The lowest BCUT2D eigenvalue weighted by atomic mass is 10.1. The molecular formula is C21H16N2O2S. The smallest absolute Gasteiger partial charge is 0.205 e. The first-order valence-corrected chi connectivity index (χ1v) is 8.92. The molecular weight excluding hydrogens is 344 g/mol. The molecule has 0 fully saturated rings. The van der Waals surface area contributed by atoms with Crippen molar-refractivity contribution in [2.75, 3.05) is 12.8 Å². The zero-order chi connectivity index (χ0) is 18.1. The van der Waals surface area contributed by atoms with Crippen molar-refractivity contribution in [3.63, 3.8) is 0 Å². The summed E-state index contributed by atoms with van der Waals surface area (Å²) in [5, 5.41) is 0.812. The molecule has 0 atom stereocenters. The monoisotopic (exact) mass is 360 g/mol. The summed E-state index contributed by atoms with van der Waals surface area (Å²) in [5.74, 6) is 0.725. The van der Waals surface area contributed by atoms with Gasteiger partial charge in [-0.3, -0.25) is 4.79 Å². The normalized spacial score (nSPS) is 10.8. The van der Waals surface area contributed by atoms with E-state index in [1.165, 1.54) is 11.3 Å². The van der Waals surface area contributed by atoms with E-state index in [0.717, 1.165) is 27.2 Å². The van der Waals surface area contributed by atoms with Gasteiger partial charge in [0.2, 0.25) is 5.78 Å². The number of ether oxygens (including phenoxy) is 1. The third-order valence-corrected chi connectivity index (χ3v) is 5.34. The molecule has 2 aromatic carbocycles. The van der Waals surface area contributed by atoms with Crippen LogP contribution < -0.4 is 10.5 Å². The molecule has 0 bridgehead atoms. The van der Waals surface area contributed by atoms with Crippen LogP contribution in [0.15, 0.2) is 66.7 Å². The number of nitrogens with zero attached hydrogens (tertiary/aromatic N) is 1. The lowest BCUT2D eigenvalue weighted by molar-refractivity contribution is 0.104. The Hall–Kier alpha value is -3.18. The Bertz CT molecular complexity index is 1090. The van der Waals surface area contributed by atoms with Gasteiger partial charge >= 0.3 is 0 Å². The highest BCUT2D eigenvalue weighted by Crippen LogP contribution is 2.35. The summed E-state index contributed by atoms with van der Waals surface area (Å²) in [4.78, 5) is 18.7. The van der Waals surface area contributed by atoms with Crippen LogP contribution in [0.25, 0.3) is 21.5 Å². The van der Waals surface area contributed by atoms with Gasteiger partial charge in [-0.1, -0.05) is 30.3 Å². The summed E-state index contributed by atoms with van der Waals surface area (Å²) in [5.41, 5.74) is 9.17. The van der Waals surface area contributed by atoms with Crippen molar-refractivity contribution in [1.82, 2.24) is 4.98 Å². The molecule has 0 amide bonds. The Morgan fingerprint density at radius 3 is 2.42 bits per heavy atom. The second-order valence-electron chi connectivity index (χ2n) is 5.82. The molecule has 2 N–H and O–H groups in total. The SMILES string of the molecule is COc1ccc(-c2ccc3c(N)c(C(=O)c4ccccc4)sc3n2)cc1. The zero-order valence-electron chi connectivity index (χ0n) is 14.1. The number of thiophene rings is 1. The van der Waals surface area contributed by atoms with Crippen LogP contribution in [0.1, 0.15) is 15.2 Å². The summed E-state index contributed by atoms with van der Waals surface area (Å²) in [6.07, 6.45) is 0. The number of aromatic nitrogens is 1. The van der Waals surface area contributed by atoms with E-state index in [2.05, 4.69) is 0 Å². The van der Waals surface area contributed by atoms with E-state index in [-0.39, 0.29) is 5.78 Å². The van der Waals surface area contributed by atoms with E-state index in [0.29, 0.717) is 16.1 Å². The van der Waals surface area contributed by atoms with Crippen LogP contribution in [0, 0.1) is 0 Å². The van der Waals surface area contributed by atoms with Crippen LogP contribution in [0.2, 0.25) is 0 Å². The minimum absolute atomic E-state index is 0.0721. The minimum atomic E-state index is -0.0721. The van der Waals surface area contributed by atoms with E-state index in [1.807, 2.05) is 54.6 Å². The van der Waals surface area contributed by atoms with E-state index < -0.39 is 0 Å². The summed E-state index contributed by atoms with van der Waals surface area (Å²) >= 11 is 1.33. The van der Waals surface area contributed by atoms with Crippen molar-refractivity contribution in [1.29, 1.82) is 0 Å². The van der Waals surface area contributed by atoms with Gasteiger partial charge in [0.1, 0.15) is 15.5 Å². The van der Waals surface area contributed by atoms with Gasteiger partial charge in [0, 0.05) is 16.5 Å². The Labute approximate surface area is 154 Å². The van der Waals surface area contributed by atoms with Crippen molar-refractivity contribution in [3.8, 4) is 17.0 Å². The average molecular weight is 360 g/mol. The standard InChI is InChI=1S/C21H16N2O2S/c1-25-15-9-7-13(8-10-15)17-12-11-16-18(22)20(26-21(16)23-17)19(24)14-5-3-2-4-6-14/h2-12H,22H2,1H3. The van der Waals surface area contributed by atoms with Gasteiger partial charge in [-0.25, -0.2) is 4.98 Å². The zero-order valence-corrected chi connectivity index (χ0v) is 14.9. The van der Waals surface area contributed by atoms with Crippen molar-refractivity contribution >= 4 is 33.0 Å². The first-order chi connectivity index (χ1) is 12.7. The summed E-state index contributed by atoms with van der Waals surface area (Å²) < 4.78 is 5.19. The number of pyridine rings is 1. The number of anilines is 1. The molecule has 128 valence electrons. The molecule has 0 aliphatic rings. The number of carbonyl (C=O) groups is 1. The molecule has 4 rings (SSSR count). The number of benzene rings is 2. The van der Waals surface area contributed by atoms with E-state index in [1.54, 1.807) is 19.2 Å². The lowest BCUT2D eigenvalue weighted by Crippen LogP contribution is -2.01. The van der Waals surface area contributed by atoms with Gasteiger partial charge in [0.15, 0.2) is 0 Å². The van der Waals surface area contributed by atoms with Gasteiger partial charge in [-0.05, 0) is 36.4 Å². The predicted molar refractivity (Wildman–Crippen MR) is 106 cm³/mol. The fraction of sp³-hybridized carbons (Fsp3) is 0.0476. The molecule has 2 heterocycles. The van der Waals surface area contributed by atoms with Gasteiger partial charge in [0.05, 0.1) is 18.5 Å². The largest absolute Gasteiger partial charge is 0.497 e. The Kier molecular flexibility index (Phi) is 4.14. The molecule has 0 radical (unpaired) electrons. The van der Waals surface area contributed by atoms with Gasteiger partial charge in [0.25, 0.3) is 0 Å². The fourth-order valence-electron chi connectivity index (χ4n) is 2.81. The number of hydrogen-bond acceptors (Lipinski definition) is 5. The Morgan fingerprint density at radius 2 is 1.73 bits per heavy atom. The third kappa shape index (κ3) is 2.82. The van der Waals surface area contributed by atoms with Crippen LogP contribution in [0.5, 0.6) is 5.75 Å². The van der Waals surface area contributed by atoms with Crippen LogP contribution >= 0.6 is 11.3 Å². The molecule has 0 saturated heterocycles. The lowest BCUT2D eigenvalue weighted by Gasteiger charge is -2.03. The van der Waals surface area contributed by atoms with Gasteiger partial charge < -0.3 is 10.5 Å². The molecule has 0 spiro atoms. The Morgan fingerprint density at radius 1 is 1.00 bits per heavy atom. The highest BCUT2D eigenvalue weighted by atomic mass is 32.1. The third-order valence-electron chi connectivity index (χ3n) is 4.22. The average Bonchev–Trinajstić information content (AvgIpc) is 3.04. The summed E-state index contributed by atoms with van der Waals surface area (Å²) in [6.45, 7) is 0. The number of nitrogen functional groups attached to an aromatic ring is 1. The minimum Gasteiger partial charge on any atom is -0.497 e. The molecule has 0 unspecified atom stereocenters. The molecule has 0 aliphatic heterocycles. The van der Waals surface area contributed by atoms with Crippen LogP contribution in [0.3, 0.4) is 0 Å². The molecule has 2 aromatic heterocycles. The predicted octanol–water partition coefficient (Wildman–Crippen LogP) is 4.79. The number of carbonyl (C=O) groups excluding carboxylic acids is 1. The highest BCUT2D eigenvalue weighted by molar-refractivity contribution is 7.21. The van der Waals surface area contributed by atoms with Crippen LogP contribution in [-0.4, -0.2) is 17.9 Å². The van der Waals surface area contributed by atoms with Crippen LogP contribution in [-0.2, 0) is 0 Å². The number of nitrogens with two attached hydrogens (primary N) is 1. The van der Waals surface area contributed by atoms with Crippen molar-refractivity contribution < 1.29 is 9.53 Å². The van der Waals surface area contributed by atoms with Crippen molar-refractivity contribution in [2.45, 2.75) is 0 Å². The quantitative estimate of drug-likeness (QED) is 0.532. The first kappa shape index (κ1) is 16.3. The Balaban J connectivity index is 1.76. The number of ketones is 1. The van der Waals surface area contributed by atoms with Crippen molar-refractivity contribution in [3.05, 3.63) is 77.2 Å². The maximum Gasteiger partial charge on any atom is 0.205 e. The number of fused-ring (bicyclic) bond motifs is 1. The molecule has 0 aliphatic carbocycles. The highest BCUT2D eigenvalue weighted by Gasteiger charge is 2.19. The maximum absolute atomic E-state index is 12.8. The second-order valence-corrected chi connectivity index (χ2v) is 6.82. The molecule has 4 nitrogen and oxygen atoms in total. The summed E-state index contributed by atoms with van der Waals surface area (Å²) in [7, 11) is 1.64. The van der Waals surface area contributed by atoms with E-state index in [9.17, 15) is 4.79 Å². The topological polar surface area (TPSA) is 65.2 Å². The maximum atomic E-state index is 12.8. The number of methoxy groups -OCH3 is 1. The number of rotatable bonds is 4. The second kappa shape index (κ2) is 6.61. The fourth-order valence-corrected chi connectivity index (χ4v) is 3.86. The van der Waals surface area contributed by atoms with Crippen LogP contribution in [0.4, 0.5) is 5.69 Å². The van der Waals surface area contributed by atoms with E-state index in [4.69, 9.17) is 15.5 Å². The van der Waals surface area contributed by atoms with Crippen molar-refractivity contribution in [2.24, 2.45) is 0 Å². The van der Waals surface area contributed by atoms with E-state index >= 15 is 0 Å².